The van der Waals surface area contributed by atoms with Crippen LogP contribution >= 0.6 is 11.8 Å². The molecule has 0 radical (unpaired) electrons. The van der Waals surface area contributed by atoms with Crippen LogP contribution in [0.15, 0.2) is 29.4 Å². The summed E-state index contributed by atoms with van der Waals surface area (Å²) < 4.78 is 6.46. The molecule has 0 aliphatic heterocycles. The van der Waals surface area contributed by atoms with Gasteiger partial charge in [0.25, 0.3) is 0 Å². The summed E-state index contributed by atoms with van der Waals surface area (Å²) in [6, 6.07) is 7.83. The lowest BCUT2D eigenvalue weighted by atomic mass is 10.2. The maximum atomic E-state index is 11.3. The van der Waals surface area contributed by atoms with Gasteiger partial charge < -0.3 is 4.74 Å². The van der Waals surface area contributed by atoms with Gasteiger partial charge in [0.2, 0.25) is 5.16 Å². The number of ether oxygens (including phenoxy) is 1. The molecule has 2 rings (SSSR count). The highest BCUT2D eigenvalue weighted by molar-refractivity contribution is 7.99. The van der Waals surface area contributed by atoms with Gasteiger partial charge in [-0.2, -0.15) is 4.68 Å². The quantitative estimate of drug-likeness (QED) is 0.611. The third-order valence-corrected chi connectivity index (χ3v) is 3.24. The summed E-state index contributed by atoms with van der Waals surface area (Å²) in [5.74, 6) is -0.0777. The van der Waals surface area contributed by atoms with Crippen molar-refractivity contribution in [1.29, 1.82) is 0 Å². The summed E-state index contributed by atoms with van der Waals surface area (Å²) in [5, 5.41) is 12.0. The van der Waals surface area contributed by atoms with Crippen molar-refractivity contribution in [2.24, 2.45) is 0 Å². The Hall–Kier alpha value is -1.89. The van der Waals surface area contributed by atoms with E-state index in [2.05, 4.69) is 15.5 Å². The summed E-state index contributed by atoms with van der Waals surface area (Å²) in [6.45, 7) is 4.17. The molecule has 0 bridgehead atoms. The van der Waals surface area contributed by atoms with Crippen molar-refractivity contribution < 1.29 is 9.53 Å². The van der Waals surface area contributed by atoms with Gasteiger partial charge in [-0.05, 0) is 36.4 Å². The van der Waals surface area contributed by atoms with Crippen molar-refractivity contribution in [3.8, 4) is 5.69 Å². The number of esters is 1. The molecule has 0 saturated carbocycles. The Balaban J connectivity index is 2.09. The minimum absolute atomic E-state index is 0.195. The van der Waals surface area contributed by atoms with E-state index in [1.807, 2.05) is 31.2 Å². The number of hydrogen-bond donors (Lipinski definition) is 0. The second-order valence-electron chi connectivity index (χ2n) is 3.80. The third-order valence-electron chi connectivity index (χ3n) is 2.34. The first-order chi connectivity index (χ1) is 9.20. The first kappa shape index (κ1) is 13.5. The van der Waals surface area contributed by atoms with Crippen LogP contribution in [0.1, 0.15) is 12.5 Å². The van der Waals surface area contributed by atoms with Crippen molar-refractivity contribution in [1.82, 2.24) is 20.2 Å². The van der Waals surface area contributed by atoms with Gasteiger partial charge in [0.1, 0.15) is 0 Å². The number of aromatic nitrogens is 4. The largest absolute Gasteiger partial charge is 0.465 e. The van der Waals surface area contributed by atoms with Crippen molar-refractivity contribution in [2.75, 3.05) is 12.4 Å². The van der Waals surface area contributed by atoms with Gasteiger partial charge in [0.05, 0.1) is 18.0 Å². The van der Waals surface area contributed by atoms with E-state index in [1.165, 1.54) is 11.8 Å². The number of tetrazole rings is 1. The molecule has 1 aromatic carbocycles. The number of thioether (sulfide) groups is 1. The van der Waals surface area contributed by atoms with Crippen LogP contribution < -0.4 is 0 Å². The Bertz CT molecular complexity index is 553. The number of carbonyl (C=O) groups is 1. The van der Waals surface area contributed by atoms with Gasteiger partial charge in [0, 0.05) is 0 Å². The minimum Gasteiger partial charge on any atom is -0.465 e. The first-order valence-corrected chi connectivity index (χ1v) is 6.83. The Morgan fingerprint density at radius 3 is 2.79 bits per heavy atom. The highest BCUT2D eigenvalue weighted by atomic mass is 32.2. The second kappa shape index (κ2) is 6.33. The molecule has 100 valence electrons. The summed E-state index contributed by atoms with van der Waals surface area (Å²) in [5.41, 5.74) is 2.03. The maximum Gasteiger partial charge on any atom is 0.316 e. The molecule has 0 aliphatic carbocycles. The van der Waals surface area contributed by atoms with E-state index in [0.717, 1.165) is 11.3 Å². The Morgan fingerprint density at radius 1 is 1.37 bits per heavy atom. The minimum atomic E-state index is -0.272. The molecule has 1 heterocycles. The maximum absolute atomic E-state index is 11.3. The molecule has 0 spiro atoms. The molecular weight excluding hydrogens is 264 g/mol. The molecule has 0 fully saturated rings. The fourth-order valence-electron chi connectivity index (χ4n) is 1.44. The van der Waals surface area contributed by atoms with E-state index in [4.69, 9.17) is 4.74 Å². The number of aryl methyl sites for hydroxylation is 1. The lowest BCUT2D eigenvalue weighted by molar-refractivity contribution is -0.139. The summed E-state index contributed by atoms with van der Waals surface area (Å²) in [7, 11) is 0. The van der Waals surface area contributed by atoms with Crippen LogP contribution in [-0.2, 0) is 9.53 Å². The normalized spacial score (nSPS) is 10.4. The predicted molar refractivity (Wildman–Crippen MR) is 71.2 cm³/mol. The molecule has 0 aliphatic rings. The van der Waals surface area contributed by atoms with E-state index < -0.39 is 0 Å². The molecule has 0 saturated heterocycles. The molecule has 1 aromatic heterocycles. The second-order valence-corrected chi connectivity index (χ2v) is 4.75. The molecule has 0 amide bonds. The Kier molecular flexibility index (Phi) is 4.51. The van der Waals surface area contributed by atoms with Gasteiger partial charge in [-0.15, -0.1) is 5.10 Å². The van der Waals surface area contributed by atoms with E-state index >= 15 is 0 Å². The molecule has 19 heavy (non-hydrogen) atoms. The fraction of sp³-hybridized carbons (Fsp3) is 0.333. The zero-order valence-electron chi connectivity index (χ0n) is 10.7. The zero-order chi connectivity index (χ0) is 13.7. The number of hydrogen-bond acceptors (Lipinski definition) is 6. The average Bonchev–Trinajstić information content (AvgIpc) is 2.86. The summed E-state index contributed by atoms with van der Waals surface area (Å²) >= 11 is 1.25. The summed E-state index contributed by atoms with van der Waals surface area (Å²) in [6.07, 6.45) is 0. The number of carbonyl (C=O) groups excluding carboxylic acids is 1. The highest BCUT2D eigenvalue weighted by Crippen LogP contribution is 2.18. The van der Waals surface area contributed by atoms with Crippen molar-refractivity contribution in [2.45, 2.75) is 19.0 Å². The van der Waals surface area contributed by atoms with Gasteiger partial charge in [0.15, 0.2) is 0 Å². The van der Waals surface area contributed by atoms with Crippen LogP contribution in [0.3, 0.4) is 0 Å². The van der Waals surface area contributed by atoms with Crippen molar-refractivity contribution in [3.63, 3.8) is 0 Å². The van der Waals surface area contributed by atoms with Crippen LogP contribution in [0.2, 0.25) is 0 Å². The number of benzene rings is 1. The summed E-state index contributed by atoms with van der Waals surface area (Å²) in [4.78, 5) is 11.3. The zero-order valence-corrected chi connectivity index (χ0v) is 11.6. The smallest absolute Gasteiger partial charge is 0.316 e. The van der Waals surface area contributed by atoms with Crippen molar-refractivity contribution >= 4 is 17.7 Å². The lowest BCUT2D eigenvalue weighted by Gasteiger charge is -2.04. The number of nitrogens with zero attached hydrogens (tertiary/aromatic N) is 4. The average molecular weight is 278 g/mol. The van der Waals surface area contributed by atoms with Crippen LogP contribution in [0.25, 0.3) is 5.69 Å². The van der Waals surface area contributed by atoms with Crippen LogP contribution in [0.5, 0.6) is 0 Å². The molecule has 0 N–H and O–H groups in total. The van der Waals surface area contributed by atoms with Crippen LogP contribution in [0.4, 0.5) is 0 Å². The van der Waals surface area contributed by atoms with Gasteiger partial charge in [-0.3, -0.25) is 4.79 Å². The van der Waals surface area contributed by atoms with Crippen molar-refractivity contribution in [3.05, 3.63) is 29.8 Å². The topological polar surface area (TPSA) is 69.9 Å². The molecule has 6 nitrogen and oxygen atoms in total. The molecule has 0 atom stereocenters. The lowest BCUT2D eigenvalue weighted by Crippen LogP contribution is -2.08. The first-order valence-electron chi connectivity index (χ1n) is 5.84. The predicted octanol–water partition coefficient (Wildman–Crippen LogP) is 1.63. The monoisotopic (exact) mass is 278 g/mol. The van der Waals surface area contributed by atoms with Gasteiger partial charge in [-0.25, -0.2) is 0 Å². The van der Waals surface area contributed by atoms with Gasteiger partial charge in [-0.1, -0.05) is 29.5 Å². The van der Waals surface area contributed by atoms with Crippen LogP contribution in [0, 0.1) is 6.92 Å². The van der Waals surface area contributed by atoms with E-state index in [1.54, 1.807) is 11.6 Å². The van der Waals surface area contributed by atoms with E-state index in [-0.39, 0.29) is 11.7 Å². The third kappa shape index (κ3) is 3.54. The number of rotatable bonds is 5. The SMILES string of the molecule is CCOC(=O)CSc1nnnn1-c1ccc(C)cc1. The fourth-order valence-corrected chi connectivity index (χ4v) is 2.13. The Labute approximate surface area is 115 Å². The van der Waals surface area contributed by atoms with Gasteiger partial charge >= 0.3 is 5.97 Å². The standard InChI is InChI=1S/C12H14N4O2S/c1-3-18-11(17)8-19-12-13-14-15-16(12)10-6-4-9(2)5-7-10/h4-7H,3,8H2,1-2H3. The van der Waals surface area contributed by atoms with Crippen LogP contribution in [-0.4, -0.2) is 38.5 Å². The molecular formula is C12H14N4O2S. The van der Waals surface area contributed by atoms with E-state index in [0.29, 0.717) is 11.8 Å². The molecule has 2 aromatic rings. The molecule has 7 heteroatoms. The Morgan fingerprint density at radius 2 is 2.11 bits per heavy atom. The van der Waals surface area contributed by atoms with E-state index in [9.17, 15) is 4.79 Å². The molecule has 0 unspecified atom stereocenters. The highest BCUT2D eigenvalue weighted by Gasteiger charge is 2.11.